The number of aryl methyl sites for hydroxylation is 1. The summed E-state index contributed by atoms with van der Waals surface area (Å²) in [5.74, 6) is 0.680. The lowest BCUT2D eigenvalue weighted by Gasteiger charge is -2.05. The molecule has 0 spiro atoms. The quantitative estimate of drug-likeness (QED) is 0.749. The molecule has 0 fully saturated rings. The van der Waals surface area contributed by atoms with Crippen LogP contribution in [0.15, 0.2) is 47.8 Å². The number of hydrogen-bond acceptors (Lipinski definition) is 4. The third-order valence-electron chi connectivity index (χ3n) is 3.74. The number of methoxy groups -OCH3 is 1. The van der Waals surface area contributed by atoms with E-state index in [-0.39, 0.29) is 5.91 Å². The van der Waals surface area contributed by atoms with Gasteiger partial charge in [0.05, 0.1) is 17.7 Å². The minimum Gasteiger partial charge on any atom is -0.497 e. The summed E-state index contributed by atoms with van der Waals surface area (Å²) in [6.45, 7) is 0.566. The first-order valence-corrected chi connectivity index (χ1v) is 8.54. The van der Waals surface area contributed by atoms with Gasteiger partial charge in [-0.2, -0.15) is 5.10 Å². The monoisotopic (exact) mass is 341 g/mol. The van der Waals surface area contributed by atoms with Crippen LogP contribution in [-0.2, 0) is 13.5 Å². The second-order valence-corrected chi connectivity index (χ2v) is 6.32. The lowest BCUT2D eigenvalue weighted by molar-refractivity contribution is 0.0948. The molecular formula is C18H19N3O2S. The highest BCUT2D eigenvalue weighted by Crippen LogP contribution is 2.24. The molecule has 0 unspecified atom stereocenters. The zero-order valence-corrected chi connectivity index (χ0v) is 14.5. The summed E-state index contributed by atoms with van der Waals surface area (Å²) in [5, 5.41) is 9.24. The molecule has 0 aliphatic rings. The van der Waals surface area contributed by atoms with Crippen LogP contribution >= 0.6 is 11.3 Å². The van der Waals surface area contributed by atoms with E-state index in [1.54, 1.807) is 23.1 Å². The van der Waals surface area contributed by atoms with Crippen molar-refractivity contribution >= 4 is 17.2 Å². The van der Waals surface area contributed by atoms with Crippen molar-refractivity contribution in [2.45, 2.75) is 6.42 Å². The minimum absolute atomic E-state index is 0.151. The lowest BCUT2D eigenvalue weighted by atomic mass is 10.1. The molecular weight excluding hydrogens is 322 g/mol. The maximum atomic E-state index is 12.3. The summed E-state index contributed by atoms with van der Waals surface area (Å²) in [7, 11) is 3.50. The van der Waals surface area contributed by atoms with E-state index in [1.807, 2.05) is 54.9 Å². The Hall–Kier alpha value is -2.60. The van der Waals surface area contributed by atoms with Crippen LogP contribution in [0.3, 0.4) is 0 Å². The molecule has 2 heterocycles. The largest absolute Gasteiger partial charge is 0.497 e. The Morgan fingerprint density at radius 2 is 2.08 bits per heavy atom. The number of hydrogen-bond donors (Lipinski definition) is 1. The molecule has 0 bridgehead atoms. The van der Waals surface area contributed by atoms with Gasteiger partial charge in [-0.05, 0) is 41.6 Å². The molecule has 2 aromatic heterocycles. The number of carbonyl (C=O) groups is 1. The number of benzene rings is 1. The van der Waals surface area contributed by atoms with E-state index in [2.05, 4.69) is 10.4 Å². The van der Waals surface area contributed by atoms with E-state index in [0.717, 1.165) is 28.3 Å². The van der Waals surface area contributed by atoms with Gasteiger partial charge in [-0.3, -0.25) is 9.48 Å². The second-order valence-electron chi connectivity index (χ2n) is 5.37. The van der Waals surface area contributed by atoms with Crippen molar-refractivity contribution in [1.29, 1.82) is 0 Å². The average Bonchev–Trinajstić information content (AvgIpc) is 3.24. The van der Waals surface area contributed by atoms with E-state index in [1.165, 1.54) is 0 Å². The Morgan fingerprint density at radius 3 is 2.75 bits per heavy atom. The highest BCUT2D eigenvalue weighted by Gasteiger charge is 2.14. The number of ether oxygens (including phenoxy) is 1. The van der Waals surface area contributed by atoms with Crippen LogP contribution in [0.4, 0.5) is 0 Å². The zero-order chi connectivity index (χ0) is 16.9. The summed E-state index contributed by atoms with van der Waals surface area (Å²) < 4.78 is 6.87. The van der Waals surface area contributed by atoms with Crippen molar-refractivity contribution in [2.75, 3.05) is 13.7 Å². The van der Waals surface area contributed by atoms with Gasteiger partial charge in [0.1, 0.15) is 5.75 Å². The van der Waals surface area contributed by atoms with Crippen molar-refractivity contribution < 1.29 is 9.53 Å². The molecule has 6 heteroatoms. The first-order chi connectivity index (χ1) is 11.7. The number of rotatable bonds is 6. The van der Waals surface area contributed by atoms with Gasteiger partial charge in [0.2, 0.25) is 0 Å². The first kappa shape index (κ1) is 16.3. The first-order valence-electron chi connectivity index (χ1n) is 7.66. The van der Waals surface area contributed by atoms with Crippen LogP contribution < -0.4 is 10.1 Å². The van der Waals surface area contributed by atoms with Crippen molar-refractivity contribution in [1.82, 2.24) is 15.1 Å². The number of amides is 1. The molecule has 5 nitrogen and oxygen atoms in total. The van der Waals surface area contributed by atoms with Gasteiger partial charge in [-0.15, -0.1) is 11.3 Å². The Balaban J connectivity index is 1.58. The van der Waals surface area contributed by atoms with E-state index in [4.69, 9.17) is 4.74 Å². The van der Waals surface area contributed by atoms with Gasteiger partial charge >= 0.3 is 0 Å². The third-order valence-corrected chi connectivity index (χ3v) is 4.64. The molecule has 24 heavy (non-hydrogen) atoms. The number of carbonyl (C=O) groups excluding carboxylic acids is 1. The fourth-order valence-electron chi connectivity index (χ4n) is 2.44. The lowest BCUT2D eigenvalue weighted by Crippen LogP contribution is -2.26. The SMILES string of the molecule is COc1ccc(CCNC(=O)c2cc(-c3cccs3)n(C)n2)cc1. The smallest absolute Gasteiger partial charge is 0.271 e. The third kappa shape index (κ3) is 3.65. The van der Waals surface area contributed by atoms with Gasteiger partial charge in [0.25, 0.3) is 5.91 Å². The molecule has 1 aromatic carbocycles. The number of nitrogens with one attached hydrogen (secondary N) is 1. The summed E-state index contributed by atoms with van der Waals surface area (Å²) in [6.07, 6.45) is 0.764. The van der Waals surface area contributed by atoms with Crippen LogP contribution in [-0.4, -0.2) is 29.3 Å². The fourth-order valence-corrected chi connectivity index (χ4v) is 3.21. The highest BCUT2D eigenvalue weighted by molar-refractivity contribution is 7.13. The van der Waals surface area contributed by atoms with Crippen LogP contribution in [0.1, 0.15) is 16.1 Å². The fraction of sp³-hybridized carbons (Fsp3) is 0.222. The number of thiophene rings is 1. The van der Waals surface area contributed by atoms with E-state index >= 15 is 0 Å². The zero-order valence-electron chi connectivity index (χ0n) is 13.7. The summed E-state index contributed by atoms with van der Waals surface area (Å²) >= 11 is 1.63. The maximum absolute atomic E-state index is 12.3. The van der Waals surface area contributed by atoms with Gasteiger partial charge < -0.3 is 10.1 Å². The summed E-state index contributed by atoms with van der Waals surface area (Å²) in [4.78, 5) is 13.4. The van der Waals surface area contributed by atoms with Crippen molar-refractivity contribution in [2.24, 2.45) is 7.05 Å². The molecule has 1 amide bonds. The van der Waals surface area contributed by atoms with Crippen molar-refractivity contribution in [3.8, 4) is 16.3 Å². The molecule has 124 valence electrons. The highest BCUT2D eigenvalue weighted by atomic mass is 32.1. The van der Waals surface area contributed by atoms with E-state index in [0.29, 0.717) is 12.2 Å². The topological polar surface area (TPSA) is 56.1 Å². The second kappa shape index (κ2) is 7.31. The van der Waals surface area contributed by atoms with Crippen LogP contribution in [0, 0.1) is 0 Å². The Kier molecular flexibility index (Phi) is 4.96. The van der Waals surface area contributed by atoms with Crippen LogP contribution in [0.25, 0.3) is 10.6 Å². The van der Waals surface area contributed by atoms with Crippen LogP contribution in [0.5, 0.6) is 5.75 Å². The minimum atomic E-state index is -0.151. The van der Waals surface area contributed by atoms with Gasteiger partial charge in [0.15, 0.2) is 5.69 Å². The van der Waals surface area contributed by atoms with E-state index < -0.39 is 0 Å². The molecule has 0 aliphatic carbocycles. The average molecular weight is 341 g/mol. The predicted molar refractivity (Wildman–Crippen MR) is 95.6 cm³/mol. The van der Waals surface area contributed by atoms with Gasteiger partial charge in [-0.25, -0.2) is 0 Å². The number of nitrogens with zero attached hydrogens (tertiary/aromatic N) is 2. The Labute approximate surface area is 144 Å². The molecule has 0 radical (unpaired) electrons. The molecule has 0 atom stereocenters. The molecule has 0 aliphatic heterocycles. The summed E-state index contributed by atoms with van der Waals surface area (Å²) in [6, 6.07) is 13.7. The molecule has 0 saturated carbocycles. The maximum Gasteiger partial charge on any atom is 0.271 e. The standard InChI is InChI=1S/C18H19N3O2S/c1-21-16(17-4-3-11-24-17)12-15(20-21)18(22)19-10-9-13-5-7-14(23-2)8-6-13/h3-8,11-12H,9-10H2,1-2H3,(H,19,22). The molecule has 0 saturated heterocycles. The number of aromatic nitrogens is 2. The van der Waals surface area contributed by atoms with Gasteiger partial charge in [-0.1, -0.05) is 18.2 Å². The molecule has 3 aromatic rings. The van der Waals surface area contributed by atoms with Crippen molar-refractivity contribution in [3.63, 3.8) is 0 Å². The molecule has 3 rings (SSSR count). The van der Waals surface area contributed by atoms with Gasteiger partial charge in [0, 0.05) is 13.6 Å². The Bertz CT molecular complexity index is 807. The Morgan fingerprint density at radius 1 is 1.29 bits per heavy atom. The van der Waals surface area contributed by atoms with Crippen molar-refractivity contribution in [3.05, 3.63) is 59.1 Å². The van der Waals surface area contributed by atoms with Crippen LogP contribution in [0.2, 0.25) is 0 Å². The summed E-state index contributed by atoms with van der Waals surface area (Å²) in [5.41, 5.74) is 2.54. The van der Waals surface area contributed by atoms with E-state index in [9.17, 15) is 4.79 Å². The normalized spacial score (nSPS) is 10.6. The predicted octanol–water partition coefficient (Wildman–Crippen LogP) is 3.13. The molecule has 1 N–H and O–H groups in total.